The molecule has 0 aliphatic carbocycles. The summed E-state index contributed by atoms with van der Waals surface area (Å²) in [5.74, 6) is 2.10. The molecule has 2 rings (SSSR count). The van der Waals surface area contributed by atoms with Gasteiger partial charge in [-0.2, -0.15) is 0 Å². The Morgan fingerprint density at radius 3 is 2.29 bits per heavy atom. The van der Waals surface area contributed by atoms with Crippen molar-refractivity contribution < 1.29 is 23.7 Å². The smallest absolute Gasteiger partial charge is 0.201 e. The van der Waals surface area contributed by atoms with Crippen LogP contribution in [-0.4, -0.2) is 57.1 Å². The standard InChI is InChI=1S/C20H25N3O5/c1-14(11-18(26-4)20(28-6)19(27-5)13-24-2)17-12-21-22-23(17)15-7-9-16(25-3)10-8-15/h7-12H,1,13H2,2-6H3/b18-11+,20-19-. The Balaban J connectivity index is 2.41. The maximum atomic E-state index is 5.49. The van der Waals surface area contributed by atoms with Gasteiger partial charge in [-0.3, -0.25) is 0 Å². The fraction of sp³-hybridized carbons (Fsp3) is 0.300. The lowest BCUT2D eigenvalue weighted by Crippen LogP contribution is -2.07. The lowest BCUT2D eigenvalue weighted by atomic mass is 10.1. The summed E-state index contributed by atoms with van der Waals surface area (Å²) in [5, 5.41) is 8.15. The van der Waals surface area contributed by atoms with Gasteiger partial charge >= 0.3 is 0 Å². The topological polar surface area (TPSA) is 76.9 Å². The molecule has 0 unspecified atom stereocenters. The molecule has 0 N–H and O–H groups in total. The van der Waals surface area contributed by atoms with Crippen LogP contribution in [0.1, 0.15) is 5.69 Å². The van der Waals surface area contributed by atoms with E-state index in [1.807, 2.05) is 24.3 Å². The maximum absolute atomic E-state index is 5.49. The molecule has 28 heavy (non-hydrogen) atoms. The molecule has 0 amide bonds. The van der Waals surface area contributed by atoms with Crippen molar-refractivity contribution in [3.05, 3.63) is 66.1 Å². The van der Waals surface area contributed by atoms with Crippen molar-refractivity contribution in [2.45, 2.75) is 0 Å². The van der Waals surface area contributed by atoms with Gasteiger partial charge in [-0.25, -0.2) is 4.68 Å². The number of ether oxygens (including phenoxy) is 5. The first-order valence-corrected chi connectivity index (χ1v) is 8.40. The van der Waals surface area contributed by atoms with E-state index in [9.17, 15) is 0 Å². The second-order valence-electron chi connectivity index (χ2n) is 5.56. The van der Waals surface area contributed by atoms with Gasteiger partial charge in [0.2, 0.25) is 5.76 Å². The molecule has 0 radical (unpaired) electrons. The fourth-order valence-electron chi connectivity index (χ4n) is 2.52. The first kappa shape index (κ1) is 21.0. The van der Waals surface area contributed by atoms with Crippen molar-refractivity contribution in [1.29, 1.82) is 0 Å². The molecule has 1 heterocycles. The molecule has 2 aromatic rings. The minimum atomic E-state index is 0.234. The van der Waals surface area contributed by atoms with Gasteiger partial charge in [-0.1, -0.05) is 11.8 Å². The number of aromatic nitrogens is 3. The quantitative estimate of drug-likeness (QED) is 0.458. The van der Waals surface area contributed by atoms with E-state index in [0.717, 1.165) is 11.4 Å². The Morgan fingerprint density at radius 1 is 1.04 bits per heavy atom. The summed E-state index contributed by atoms with van der Waals surface area (Å²) in [7, 11) is 7.80. The van der Waals surface area contributed by atoms with E-state index in [1.54, 1.807) is 31.2 Å². The number of rotatable bonds is 10. The summed E-state index contributed by atoms with van der Waals surface area (Å²) in [4.78, 5) is 0. The van der Waals surface area contributed by atoms with Crippen LogP contribution in [0.5, 0.6) is 5.75 Å². The number of methoxy groups -OCH3 is 5. The van der Waals surface area contributed by atoms with Crippen molar-refractivity contribution in [3.63, 3.8) is 0 Å². The summed E-state index contributed by atoms with van der Waals surface area (Å²) in [6.07, 6.45) is 3.35. The van der Waals surface area contributed by atoms with Crippen LogP contribution < -0.4 is 4.74 Å². The van der Waals surface area contributed by atoms with Crippen LogP contribution in [0.15, 0.2) is 60.4 Å². The average molecular weight is 387 g/mol. The predicted molar refractivity (Wildman–Crippen MR) is 105 cm³/mol. The third-order valence-corrected chi connectivity index (χ3v) is 3.92. The largest absolute Gasteiger partial charge is 0.497 e. The van der Waals surface area contributed by atoms with E-state index in [2.05, 4.69) is 16.9 Å². The highest BCUT2D eigenvalue weighted by molar-refractivity contribution is 5.71. The average Bonchev–Trinajstić information content (AvgIpc) is 3.22. The fourth-order valence-corrected chi connectivity index (χ4v) is 2.52. The molecule has 1 aromatic carbocycles. The van der Waals surface area contributed by atoms with Crippen molar-refractivity contribution >= 4 is 5.57 Å². The molecule has 0 aliphatic heterocycles. The molecule has 0 saturated carbocycles. The van der Waals surface area contributed by atoms with E-state index in [1.165, 1.54) is 21.3 Å². The zero-order chi connectivity index (χ0) is 20.5. The van der Waals surface area contributed by atoms with E-state index in [0.29, 0.717) is 28.5 Å². The van der Waals surface area contributed by atoms with Gasteiger partial charge in [0.1, 0.15) is 12.4 Å². The van der Waals surface area contributed by atoms with Gasteiger partial charge in [-0.05, 0) is 35.9 Å². The summed E-state index contributed by atoms with van der Waals surface area (Å²) in [6.45, 7) is 4.35. The lowest BCUT2D eigenvalue weighted by molar-refractivity contribution is 0.130. The van der Waals surface area contributed by atoms with Gasteiger partial charge in [0.25, 0.3) is 0 Å². The van der Waals surface area contributed by atoms with Gasteiger partial charge in [0, 0.05) is 7.11 Å². The zero-order valence-corrected chi connectivity index (χ0v) is 16.8. The number of benzene rings is 1. The summed E-state index contributed by atoms with van der Waals surface area (Å²) >= 11 is 0. The molecule has 8 nitrogen and oxygen atoms in total. The van der Waals surface area contributed by atoms with Gasteiger partial charge in [0.05, 0.1) is 46.0 Å². The molecular formula is C20H25N3O5. The van der Waals surface area contributed by atoms with Gasteiger partial charge < -0.3 is 23.7 Å². The van der Waals surface area contributed by atoms with Crippen LogP contribution in [0.25, 0.3) is 11.3 Å². The highest BCUT2D eigenvalue weighted by Gasteiger charge is 2.17. The highest BCUT2D eigenvalue weighted by atomic mass is 16.5. The molecule has 0 bridgehead atoms. The molecule has 0 spiro atoms. The van der Waals surface area contributed by atoms with Crippen molar-refractivity contribution in [1.82, 2.24) is 15.0 Å². The molecule has 0 saturated heterocycles. The van der Waals surface area contributed by atoms with E-state index in [-0.39, 0.29) is 6.61 Å². The maximum Gasteiger partial charge on any atom is 0.201 e. The Hall–Kier alpha value is -3.26. The molecule has 8 heteroatoms. The Morgan fingerprint density at radius 2 is 1.75 bits per heavy atom. The monoisotopic (exact) mass is 387 g/mol. The van der Waals surface area contributed by atoms with Crippen LogP contribution in [0.2, 0.25) is 0 Å². The van der Waals surface area contributed by atoms with Crippen LogP contribution in [0, 0.1) is 0 Å². The Bertz CT molecular complexity index is 853. The van der Waals surface area contributed by atoms with E-state index >= 15 is 0 Å². The van der Waals surface area contributed by atoms with Crippen molar-refractivity contribution in [2.24, 2.45) is 0 Å². The van der Waals surface area contributed by atoms with E-state index in [4.69, 9.17) is 23.7 Å². The molecule has 1 aromatic heterocycles. The second-order valence-corrected chi connectivity index (χ2v) is 5.56. The van der Waals surface area contributed by atoms with Crippen LogP contribution in [0.3, 0.4) is 0 Å². The number of hydrogen-bond donors (Lipinski definition) is 0. The van der Waals surface area contributed by atoms with Crippen LogP contribution >= 0.6 is 0 Å². The number of nitrogens with zero attached hydrogens (tertiary/aromatic N) is 3. The molecule has 0 atom stereocenters. The van der Waals surface area contributed by atoms with Crippen molar-refractivity contribution in [3.8, 4) is 11.4 Å². The van der Waals surface area contributed by atoms with Crippen LogP contribution in [-0.2, 0) is 18.9 Å². The lowest BCUT2D eigenvalue weighted by Gasteiger charge is -2.15. The second kappa shape index (κ2) is 10.2. The predicted octanol–water partition coefficient (Wildman–Crippen LogP) is 2.97. The molecule has 0 fully saturated rings. The summed E-state index contributed by atoms with van der Waals surface area (Å²) in [6, 6.07) is 7.46. The third kappa shape index (κ3) is 4.72. The Kier molecular flexibility index (Phi) is 7.65. The Labute approximate surface area is 164 Å². The van der Waals surface area contributed by atoms with Gasteiger partial charge in [0.15, 0.2) is 11.5 Å². The molecule has 150 valence electrons. The van der Waals surface area contributed by atoms with E-state index < -0.39 is 0 Å². The molecular weight excluding hydrogens is 362 g/mol. The first-order chi connectivity index (χ1) is 13.6. The van der Waals surface area contributed by atoms with Crippen molar-refractivity contribution in [2.75, 3.05) is 42.2 Å². The van der Waals surface area contributed by atoms with Crippen LogP contribution in [0.4, 0.5) is 0 Å². The summed E-state index contributed by atoms with van der Waals surface area (Å²) < 4.78 is 28.3. The number of hydrogen-bond acceptors (Lipinski definition) is 7. The first-order valence-electron chi connectivity index (χ1n) is 8.40. The SMILES string of the molecule is C=C(/C=C(OC)\C(OC)=C(/COC)OC)c1cnnn1-c1ccc(OC)cc1. The minimum Gasteiger partial charge on any atom is -0.497 e. The minimum absolute atomic E-state index is 0.234. The molecule has 0 aliphatic rings. The van der Waals surface area contributed by atoms with Gasteiger partial charge in [-0.15, -0.1) is 5.10 Å². The zero-order valence-electron chi connectivity index (χ0n) is 16.8. The summed E-state index contributed by atoms with van der Waals surface area (Å²) in [5.41, 5.74) is 2.14. The number of allylic oxidation sites excluding steroid dienone is 2. The third-order valence-electron chi connectivity index (χ3n) is 3.92. The normalized spacial score (nSPS) is 12.2. The highest BCUT2D eigenvalue weighted by Crippen LogP contribution is 2.24.